The van der Waals surface area contributed by atoms with E-state index >= 15 is 0 Å². The first-order valence-corrected chi connectivity index (χ1v) is 4.77. The van der Waals surface area contributed by atoms with Gasteiger partial charge in [-0.1, -0.05) is 0 Å². The second-order valence-corrected chi connectivity index (χ2v) is 3.37. The Hall–Kier alpha value is -0.770. The van der Waals surface area contributed by atoms with Crippen molar-refractivity contribution in [2.75, 3.05) is 0 Å². The number of Topliss-reactive ketones (excluding diaryl/α,β-unsaturated/α-hetero) is 1. The van der Waals surface area contributed by atoms with Crippen LogP contribution in [0.1, 0.15) is 45.4 Å². The van der Waals surface area contributed by atoms with Crippen molar-refractivity contribution in [2.45, 2.75) is 45.4 Å². The molecule has 0 aromatic rings. The van der Waals surface area contributed by atoms with Gasteiger partial charge in [-0.2, -0.15) is 0 Å². The van der Waals surface area contributed by atoms with Gasteiger partial charge in [-0.15, -0.1) is 11.8 Å². The van der Waals surface area contributed by atoms with Crippen LogP contribution in [0.15, 0.2) is 0 Å². The van der Waals surface area contributed by atoms with Crippen molar-refractivity contribution in [1.82, 2.24) is 0 Å². The van der Waals surface area contributed by atoms with Crippen molar-refractivity contribution in [3.05, 3.63) is 0 Å². The average Bonchev–Trinajstić information content (AvgIpc) is 2.86. The third-order valence-electron chi connectivity index (χ3n) is 2.18. The molecule has 0 aromatic heterocycles. The van der Waals surface area contributed by atoms with Crippen LogP contribution in [0.25, 0.3) is 0 Å². The lowest BCUT2D eigenvalue weighted by Gasteiger charge is -1.95. The number of carbonyl (C=O) groups excluding carboxylic acids is 1. The van der Waals surface area contributed by atoms with Gasteiger partial charge < -0.3 is 0 Å². The molecule has 0 saturated heterocycles. The molecule has 0 amide bonds. The molecule has 0 atom stereocenters. The number of unbranched alkanes of at least 4 members (excludes halogenated alkanes) is 2. The fraction of sp³-hybridized carbons (Fsp3) is 0.727. The molecule has 0 N–H and O–H groups in total. The van der Waals surface area contributed by atoms with Gasteiger partial charge in [0.05, 0.1) is 0 Å². The average molecular weight is 164 g/mol. The summed E-state index contributed by atoms with van der Waals surface area (Å²) in [6, 6.07) is 0. The van der Waals surface area contributed by atoms with Crippen LogP contribution in [-0.4, -0.2) is 5.78 Å². The van der Waals surface area contributed by atoms with Crippen LogP contribution in [0.3, 0.4) is 0 Å². The SMILES string of the molecule is CC#CCCCCC(=O)C1CC1. The number of rotatable bonds is 5. The van der Waals surface area contributed by atoms with E-state index in [1.807, 2.05) is 6.92 Å². The second-order valence-electron chi connectivity index (χ2n) is 3.37. The quantitative estimate of drug-likeness (QED) is 0.451. The highest BCUT2D eigenvalue weighted by Gasteiger charge is 2.28. The molecule has 1 saturated carbocycles. The molecule has 1 aliphatic carbocycles. The highest BCUT2D eigenvalue weighted by Crippen LogP contribution is 2.31. The van der Waals surface area contributed by atoms with Crippen LogP contribution in [-0.2, 0) is 4.79 Å². The molecular weight excluding hydrogens is 148 g/mol. The molecular formula is C11H16O. The Kier molecular flexibility index (Phi) is 3.87. The number of ketones is 1. The van der Waals surface area contributed by atoms with E-state index < -0.39 is 0 Å². The summed E-state index contributed by atoms with van der Waals surface area (Å²) >= 11 is 0. The van der Waals surface area contributed by atoms with Gasteiger partial charge in [-0.25, -0.2) is 0 Å². The molecule has 0 radical (unpaired) electrons. The van der Waals surface area contributed by atoms with Gasteiger partial charge in [0, 0.05) is 18.8 Å². The van der Waals surface area contributed by atoms with Crippen LogP contribution in [0.2, 0.25) is 0 Å². The summed E-state index contributed by atoms with van der Waals surface area (Å²) in [6.45, 7) is 1.86. The van der Waals surface area contributed by atoms with Gasteiger partial charge in [-0.3, -0.25) is 4.79 Å². The van der Waals surface area contributed by atoms with E-state index in [-0.39, 0.29) is 0 Å². The van der Waals surface area contributed by atoms with Crippen LogP contribution < -0.4 is 0 Å². The lowest BCUT2D eigenvalue weighted by Crippen LogP contribution is -1.98. The van der Waals surface area contributed by atoms with E-state index in [9.17, 15) is 4.79 Å². The molecule has 0 aromatic carbocycles. The van der Waals surface area contributed by atoms with Crippen LogP contribution in [0.5, 0.6) is 0 Å². The number of hydrogen-bond acceptors (Lipinski definition) is 1. The molecule has 0 spiro atoms. The maximum Gasteiger partial charge on any atom is 0.135 e. The summed E-state index contributed by atoms with van der Waals surface area (Å²) in [5, 5.41) is 0. The predicted octanol–water partition coefficient (Wildman–Crippen LogP) is 2.55. The van der Waals surface area contributed by atoms with Gasteiger partial charge in [0.15, 0.2) is 0 Å². The normalized spacial score (nSPS) is 15.1. The summed E-state index contributed by atoms with van der Waals surface area (Å²) in [5.74, 6) is 6.79. The van der Waals surface area contributed by atoms with E-state index in [0.717, 1.165) is 38.5 Å². The highest BCUT2D eigenvalue weighted by molar-refractivity contribution is 5.82. The molecule has 1 nitrogen and oxygen atoms in total. The number of hydrogen-bond donors (Lipinski definition) is 0. The maximum atomic E-state index is 11.2. The summed E-state index contributed by atoms with van der Waals surface area (Å²) < 4.78 is 0. The van der Waals surface area contributed by atoms with Crippen LogP contribution in [0.4, 0.5) is 0 Å². The Balaban J connectivity index is 1.93. The minimum absolute atomic E-state index is 0.447. The molecule has 1 rings (SSSR count). The van der Waals surface area contributed by atoms with Crippen molar-refractivity contribution in [2.24, 2.45) is 5.92 Å². The molecule has 0 unspecified atom stereocenters. The summed E-state index contributed by atoms with van der Waals surface area (Å²) in [5.41, 5.74) is 0. The zero-order chi connectivity index (χ0) is 8.81. The van der Waals surface area contributed by atoms with Crippen LogP contribution >= 0.6 is 0 Å². The highest BCUT2D eigenvalue weighted by atomic mass is 16.1. The van der Waals surface area contributed by atoms with Gasteiger partial charge >= 0.3 is 0 Å². The lowest BCUT2D eigenvalue weighted by molar-refractivity contribution is -0.120. The lowest BCUT2D eigenvalue weighted by atomic mass is 10.1. The Morgan fingerprint density at radius 3 is 2.75 bits per heavy atom. The summed E-state index contributed by atoms with van der Waals surface area (Å²) in [4.78, 5) is 11.2. The van der Waals surface area contributed by atoms with Gasteiger partial charge in [0.2, 0.25) is 0 Å². The second kappa shape index (κ2) is 4.98. The zero-order valence-electron chi connectivity index (χ0n) is 7.73. The van der Waals surface area contributed by atoms with Crippen molar-refractivity contribution in [3.8, 4) is 11.8 Å². The predicted molar refractivity (Wildman–Crippen MR) is 49.6 cm³/mol. The molecule has 1 fully saturated rings. The van der Waals surface area contributed by atoms with E-state index in [2.05, 4.69) is 11.8 Å². The fourth-order valence-corrected chi connectivity index (χ4v) is 1.25. The monoisotopic (exact) mass is 164 g/mol. The largest absolute Gasteiger partial charge is 0.299 e. The Labute approximate surface area is 74.5 Å². The van der Waals surface area contributed by atoms with Crippen molar-refractivity contribution in [3.63, 3.8) is 0 Å². The standard InChI is InChI=1S/C11H16O/c1-2-3-4-5-6-7-11(12)10-8-9-10/h10H,4-9H2,1H3. The Bertz CT molecular complexity index is 203. The van der Waals surface area contributed by atoms with E-state index in [4.69, 9.17) is 0 Å². The minimum Gasteiger partial charge on any atom is -0.299 e. The van der Waals surface area contributed by atoms with Gasteiger partial charge in [-0.05, 0) is 32.6 Å². The third kappa shape index (κ3) is 3.57. The Morgan fingerprint density at radius 1 is 1.42 bits per heavy atom. The van der Waals surface area contributed by atoms with Crippen molar-refractivity contribution < 1.29 is 4.79 Å². The maximum absolute atomic E-state index is 11.2. The first-order chi connectivity index (χ1) is 5.84. The van der Waals surface area contributed by atoms with E-state index in [1.54, 1.807) is 0 Å². The zero-order valence-corrected chi connectivity index (χ0v) is 7.73. The van der Waals surface area contributed by atoms with Gasteiger partial charge in [0.1, 0.15) is 5.78 Å². The smallest absolute Gasteiger partial charge is 0.135 e. The molecule has 0 bridgehead atoms. The topological polar surface area (TPSA) is 17.1 Å². The third-order valence-corrected chi connectivity index (χ3v) is 2.18. The summed E-state index contributed by atoms with van der Waals surface area (Å²) in [6.07, 6.45) is 6.15. The summed E-state index contributed by atoms with van der Waals surface area (Å²) in [7, 11) is 0. The molecule has 0 aliphatic heterocycles. The minimum atomic E-state index is 0.447. The van der Waals surface area contributed by atoms with E-state index in [0.29, 0.717) is 11.7 Å². The Morgan fingerprint density at radius 2 is 2.17 bits per heavy atom. The molecule has 1 aliphatic rings. The first-order valence-electron chi connectivity index (χ1n) is 4.77. The first kappa shape index (κ1) is 9.32. The van der Waals surface area contributed by atoms with Gasteiger partial charge in [0.25, 0.3) is 0 Å². The van der Waals surface area contributed by atoms with E-state index in [1.165, 1.54) is 0 Å². The van der Waals surface area contributed by atoms with Crippen molar-refractivity contribution >= 4 is 5.78 Å². The molecule has 66 valence electrons. The molecule has 0 heterocycles. The van der Waals surface area contributed by atoms with Crippen LogP contribution in [0, 0.1) is 17.8 Å². The fourth-order valence-electron chi connectivity index (χ4n) is 1.25. The molecule has 1 heteroatoms. The van der Waals surface area contributed by atoms with Crippen molar-refractivity contribution in [1.29, 1.82) is 0 Å². The number of carbonyl (C=O) groups is 1. The molecule has 12 heavy (non-hydrogen) atoms.